The van der Waals surface area contributed by atoms with Crippen LogP contribution in [0.2, 0.25) is 0 Å². The number of hydrogen-bond acceptors (Lipinski definition) is 7. The maximum atomic E-state index is 13.7. The van der Waals surface area contributed by atoms with Gasteiger partial charge in [-0.25, -0.2) is 9.79 Å². The zero-order chi connectivity index (χ0) is 24.4. The Morgan fingerprint density at radius 3 is 2.50 bits per heavy atom. The first-order chi connectivity index (χ1) is 16.4. The molecule has 8 heteroatoms. The van der Waals surface area contributed by atoms with Gasteiger partial charge in [0.2, 0.25) is 0 Å². The van der Waals surface area contributed by atoms with Gasteiger partial charge in [0.25, 0.3) is 5.56 Å². The van der Waals surface area contributed by atoms with Crippen molar-refractivity contribution in [1.82, 2.24) is 4.57 Å². The van der Waals surface area contributed by atoms with E-state index >= 15 is 0 Å². The molecule has 1 aliphatic rings. The van der Waals surface area contributed by atoms with Crippen molar-refractivity contribution in [2.75, 3.05) is 20.8 Å². The van der Waals surface area contributed by atoms with Crippen LogP contribution in [0.3, 0.4) is 0 Å². The van der Waals surface area contributed by atoms with E-state index in [4.69, 9.17) is 14.2 Å². The number of allylic oxidation sites excluding steroid dienone is 1. The lowest BCUT2D eigenvalue weighted by Crippen LogP contribution is -2.39. The summed E-state index contributed by atoms with van der Waals surface area (Å²) in [5.41, 5.74) is 3.27. The molecule has 1 aromatic heterocycles. The number of para-hydroxylation sites is 1. The van der Waals surface area contributed by atoms with E-state index in [-0.39, 0.29) is 12.2 Å². The molecule has 2 aromatic carbocycles. The number of ether oxygens (including phenoxy) is 3. The van der Waals surface area contributed by atoms with Crippen molar-refractivity contribution in [3.05, 3.63) is 90.1 Å². The normalized spacial score (nSPS) is 15.6. The van der Waals surface area contributed by atoms with Crippen LogP contribution in [0, 0.1) is 6.92 Å². The highest BCUT2D eigenvalue weighted by Crippen LogP contribution is 2.32. The van der Waals surface area contributed by atoms with Gasteiger partial charge in [0.1, 0.15) is 0 Å². The minimum Gasteiger partial charge on any atom is -0.493 e. The van der Waals surface area contributed by atoms with Gasteiger partial charge >= 0.3 is 5.97 Å². The fourth-order valence-corrected chi connectivity index (χ4v) is 5.06. The van der Waals surface area contributed by atoms with Gasteiger partial charge in [-0.2, -0.15) is 0 Å². The van der Waals surface area contributed by atoms with Crippen molar-refractivity contribution < 1.29 is 19.0 Å². The lowest BCUT2D eigenvalue weighted by Gasteiger charge is -2.24. The van der Waals surface area contributed by atoms with Crippen LogP contribution in [-0.2, 0) is 9.53 Å². The highest BCUT2D eigenvalue weighted by atomic mass is 32.1. The number of fused-ring (bicyclic) bond motifs is 1. The number of carbonyl (C=O) groups is 1. The standard InChI is InChI=1S/C26H26N2O5S/c1-6-33-25(30)21-16(3)27-26-28(22(21)17-12-10-15(2)11-13-17)24(29)20(34-26)14-18-8-7-9-19(31-4)23(18)32-5/h7-14,22H,6H2,1-5H3. The molecular weight excluding hydrogens is 452 g/mol. The molecule has 2 heterocycles. The number of methoxy groups -OCH3 is 2. The van der Waals surface area contributed by atoms with Crippen LogP contribution in [0.5, 0.6) is 11.5 Å². The molecule has 0 saturated carbocycles. The fourth-order valence-electron chi connectivity index (χ4n) is 4.02. The van der Waals surface area contributed by atoms with Gasteiger partial charge in [-0.15, -0.1) is 0 Å². The summed E-state index contributed by atoms with van der Waals surface area (Å²) in [6.45, 7) is 5.75. The highest BCUT2D eigenvalue weighted by Gasteiger charge is 2.33. The second-order valence-corrected chi connectivity index (χ2v) is 8.80. The number of hydrogen-bond donors (Lipinski definition) is 0. The number of rotatable bonds is 6. The summed E-state index contributed by atoms with van der Waals surface area (Å²) in [7, 11) is 3.12. The van der Waals surface area contributed by atoms with Crippen LogP contribution in [-0.4, -0.2) is 31.4 Å². The third-order valence-electron chi connectivity index (χ3n) is 5.63. The number of aromatic nitrogens is 1. The molecule has 0 N–H and O–H groups in total. The van der Waals surface area contributed by atoms with E-state index in [1.165, 1.54) is 11.3 Å². The van der Waals surface area contributed by atoms with E-state index in [0.29, 0.717) is 37.7 Å². The van der Waals surface area contributed by atoms with Crippen molar-refractivity contribution in [1.29, 1.82) is 0 Å². The summed E-state index contributed by atoms with van der Waals surface area (Å²) in [5, 5.41) is 0. The van der Waals surface area contributed by atoms with Gasteiger partial charge in [0, 0.05) is 5.56 Å². The van der Waals surface area contributed by atoms with Crippen molar-refractivity contribution in [3.63, 3.8) is 0 Å². The maximum Gasteiger partial charge on any atom is 0.338 e. The largest absolute Gasteiger partial charge is 0.493 e. The van der Waals surface area contributed by atoms with Gasteiger partial charge < -0.3 is 14.2 Å². The third-order valence-corrected chi connectivity index (χ3v) is 6.61. The predicted octanol–water partition coefficient (Wildman–Crippen LogP) is 3.12. The Morgan fingerprint density at radius 1 is 1.12 bits per heavy atom. The molecule has 176 valence electrons. The van der Waals surface area contributed by atoms with Crippen molar-refractivity contribution in [2.45, 2.75) is 26.8 Å². The molecule has 0 spiro atoms. The molecule has 1 unspecified atom stereocenters. The molecule has 3 aromatic rings. The summed E-state index contributed by atoms with van der Waals surface area (Å²) in [6, 6.07) is 12.6. The smallest absolute Gasteiger partial charge is 0.338 e. The van der Waals surface area contributed by atoms with E-state index in [1.807, 2.05) is 43.3 Å². The molecule has 0 fully saturated rings. The topological polar surface area (TPSA) is 79.1 Å². The van der Waals surface area contributed by atoms with Crippen molar-refractivity contribution >= 4 is 23.4 Å². The van der Waals surface area contributed by atoms with Gasteiger partial charge in [-0.1, -0.05) is 53.3 Å². The minimum absolute atomic E-state index is 0.232. The van der Waals surface area contributed by atoms with Crippen LogP contribution < -0.4 is 24.4 Å². The molecule has 1 atom stereocenters. The molecular formula is C26H26N2O5S. The number of thiazole rings is 1. The van der Waals surface area contributed by atoms with Crippen LogP contribution in [0.15, 0.2) is 63.5 Å². The first-order valence-electron chi connectivity index (χ1n) is 10.9. The van der Waals surface area contributed by atoms with Crippen LogP contribution in [0.4, 0.5) is 0 Å². The Labute approximate surface area is 201 Å². The minimum atomic E-state index is -0.634. The summed E-state index contributed by atoms with van der Waals surface area (Å²) < 4.78 is 18.3. The Balaban J connectivity index is 1.97. The van der Waals surface area contributed by atoms with E-state index in [2.05, 4.69) is 4.99 Å². The molecule has 1 aliphatic heterocycles. The lowest BCUT2D eigenvalue weighted by molar-refractivity contribution is -0.139. The van der Waals surface area contributed by atoms with Gasteiger partial charge in [0.15, 0.2) is 16.3 Å². The summed E-state index contributed by atoms with van der Waals surface area (Å²) in [6.07, 6.45) is 1.76. The van der Waals surface area contributed by atoms with E-state index in [9.17, 15) is 9.59 Å². The highest BCUT2D eigenvalue weighted by molar-refractivity contribution is 7.07. The number of benzene rings is 2. The average Bonchev–Trinajstić information content (AvgIpc) is 3.13. The average molecular weight is 479 g/mol. The monoisotopic (exact) mass is 478 g/mol. The number of esters is 1. The SMILES string of the molecule is CCOC(=O)C1=C(C)N=c2sc(=Cc3cccc(OC)c3OC)c(=O)n2C1c1ccc(C)cc1. The van der Waals surface area contributed by atoms with Crippen LogP contribution in [0.1, 0.15) is 36.6 Å². The summed E-state index contributed by atoms with van der Waals surface area (Å²) in [5.74, 6) is 0.634. The lowest BCUT2D eigenvalue weighted by atomic mass is 9.95. The zero-order valence-corrected chi connectivity index (χ0v) is 20.6. The van der Waals surface area contributed by atoms with Gasteiger partial charge in [0.05, 0.1) is 42.7 Å². The molecule has 0 saturated heterocycles. The second kappa shape index (κ2) is 9.69. The number of carbonyl (C=O) groups excluding carboxylic acids is 1. The fraction of sp³-hybridized carbons (Fsp3) is 0.269. The molecule has 34 heavy (non-hydrogen) atoms. The number of aryl methyl sites for hydroxylation is 1. The van der Waals surface area contributed by atoms with E-state index < -0.39 is 12.0 Å². The Bertz CT molecular complexity index is 1450. The Hall–Kier alpha value is -3.65. The maximum absolute atomic E-state index is 13.7. The molecule has 0 amide bonds. The molecule has 0 radical (unpaired) electrons. The predicted molar refractivity (Wildman–Crippen MR) is 131 cm³/mol. The van der Waals surface area contributed by atoms with Crippen molar-refractivity contribution in [2.24, 2.45) is 4.99 Å². The van der Waals surface area contributed by atoms with Crippen LogP contribution >= 0.6 is 11.3 Å². The first kappa shape index (κ1) is 23.5. The summed E-state index contributed by atoms with van der Waals surface area (Å²) in [4.78, 5) is 31.8. The van der Waals surface area contributed by atoms with Crippen LogP contribution in [0.25, 0.3) is 6.08 Å². The van der Waals surface area contributed by atoms with E-state index in [1.54, 1.807) is 44.8 Å². The first-order valence-corrected chi connectivity index (χ1v) is 11.7. The van der Waals surface area contributed by atoms with Gasteiger partial charge in [-0.05, 0) is 38.5 Å². The second-order valence-electron chi connectivity index (χ2n) is 7.80. The molecule has 0 aliphatic carbocycles. The molecule has 0 bridgehead atoms. The molecule has 4 rings (SSSR count). The zero-order valence-electron chi connectivity index (χ0n) is 19.7. The summed E-state index contributed by atoms with van der Waals surface area (Å²) >= 11 is 1.27. The quantitative estimate of drug-likeness (QED) is 0.509. The Kier molecular flexibility index (Phi) is 6.70. The molecule has 7 nitrogen and oxygen atoms in total. The van der Waals surface area contributed by atoms with E-state index in [0.717, 1.165) is 11.1 Å². The third kappa shape index (κ3) is 4.17. The Morgan fingerprint density at radius 2 is 1.85 bits per heavy atom. The van der Waals surface area contributed by atoms with Gasteiger partial charge in [-0.3, -0.25) is 9.36 Å². The number of nitrogens with zero attached hydrogens (tertiary/aromatic N) is 2. The van der Waals surface area contributed by atoms with Crippen molar-refractivity contribution in [3.8, 4) is 11.5 Å².